The fourth-order valence-corrected chi connectivity index (χ4v) is 4.28. The Balaban J connectivity index is 1.54. The molecular formula is C17H21N5O3. The molecule has 1 amide bonds. The van der Waals surface area contributed by atoms with Crippen molar-refractivity contribution in [3.05, 3.63) is 34.0 Å². The Morgan fingerprint density at radius 1 is 1.36 bits per heavy atom. The molecule has 3 atom stereocenters. The summed E-state index contributed by atoms with van der Waals surface area (Å²) in [5, 5.41) is 21.4. The van der Waals surface area contributed by atoms with Crippen molar-refractivity contribution in [1.82, 2.24) is 20.4 Å². The molecule has 8 heteroatoms. The number of nitrogens with zero attached hydrogens (tertiary/aromatic N) is 3. The summed E-state index contributed by atoms with van der Waals surface area (Å²) in [6.45, 7) is 0. The number of H-pyrrole nitrogens is 1. The lowest BCUT2D eigenvalue weighted by atomic mass is 9.82. The molecule has 132 valence electrons. The highest BCUT2D eigenvalue weighted by molar-refractivity contribution is 6.05. The summed E-state index contributed by atoms with van der Waals surface area (Å²) in [5.41, 5.74) is 0.801. The molecule has 2 bridgehead atoms. The first-order chi connectivity index (χ1) is 12.0. The highest BCUT2D eigenvalue weighted by Crippen LogP contribution is 2.33. The number of aromatic nitrogens is 2. The van der Waals surface area contributed by atoms with Gasteiger partial charge in [-0.3, -0.25) is 20.0 Å². The van der Waals surface area contributed by atoms with E-state index in [1.54, 1.807) is 6.07 Å². The number of nitro groups is 1. The number of carbonyl (C=O) groups excluding carboxylic acids is 1. The SMILES string of the molecule is CN1[C@@H]2CCC[C@H]1C[C@@H](NC(=O)c1n[nH]c3ccc([N+](=O)[O-])cc13)C2. The van der Waals surface area contributed by atoms with Crippen LogP contribution in [-0.2, 0) is 0 Å². The van der Waals surface area contributed by atoms with E-state index in [0.717, 1.165) is 12.8 Å². The number of nitro benzene ring substituents is 1. The number of hydrogen-bond acceptors (Lipinski definition) is 5. The predicted molar refractivity (Wildman–Crippen MR) is 92.4 cm³/mol. The summed E-state index contributed by atoms with van der Waals surface area (Å²) in [7, 11) is 2.17. The number of carbonyl (C=O) groups is 1. The number of aromatic amines is 1. The second-order valence-electron chi connectivity index (χ2n) is 7.11. The quantitative estimate of drug-likeness (QED) is 0.657. The number of amides is 1. The number of piperidine rings is 2. The summed E-state index contributed by atoms with van der Waals surface area (Å²) in [6, 6.07) is 5.56. The van der Waals surface area contributed by atoms with Crippen molar-refractivity contribution in [3.8, 4) is 0 Å². The molecule has 25 heavy (non-hydrogen) atoms. The van der Waals surface area contributed by atoms with Crippen LogP contribution >= 0.6 is 0 Å². The molecule has 1 aromatic heterocycles. The van der Waals surface area contributed by atoms with Crippen molar-refractivity contribution < 1.29 is 9.72 Å². The van der Waals surface area contributed by atoms with Crippen molar-refractivity contribution in [2.45, 2.75) is 50.2 Å². The zero-order chi connectivity index (χ0) is 17.6. The van der Waals surface area contributed by atoms with Gasteiger partial charge in [0.25, 0.3) is 11.6 Å². The van der Waals surface area contributed by atoms with Gasteiger partial charge in [0.15, 0.2) is 5.69 Å². The second-order valence-corrected chi connectivity index (χ2v) is 7.11. The molecule has 2 saturated heterocycles. The first-order valence-electron chi connectivity index (χ1n) is 8.68. The normalized spacial score (nSPS) is 26.5. The van der Waals surface area contributed by atoms with E-state index in [1.807, 2.05) is 0 Å². The van der Waals surface area contributed by atoms with Crippen molar-refractivity contribution in [2.75, 3.05) is 7.05 Å². The lowest BCUT2D eigenvalue weighted by Crippen LogP contribution is -2.55. The van der Waals surface area contributed by atoms with Crippen LogP contribution in [0.15, 0.2) is 18.2 Å². The van der Waals surface area contributed by atoms with Crippen LogP contribution in [0.2, 0.25) is 0 Å². The first kappa shape index (κ1) is 16.0. The maximum atomic E-state index is 12.7. The van der Waals surface area contributed by atoms with Crippen LogP contribution < -0.4 is 5.32 Å². The Bertz CT molecular complexity index is 819. The number of benzene rings is 1. The van der Waals surface area contributed by atoms with Gasteiger partial charge in [-0.15, -0.1) is 0 Å². The van der Waals surface area contributed by atoms with Crippen LogP contribution in [0.5, 0.6) is 0 Å². The molecule has 0 radical (unpaired) electrons. The Kier molecular flexibility index (Phi) is 3.91. The summed E-state index contributed by atoms with van der Waals surface area (Å²) in [4.78, 5) is 25.6. The maximum Gasteiger partial charge on any atom is 0.272 e. The third-order valence-corrected chi connectivity index (χ3v) is 5.65. The highest BCUT2D eigenvalue weighted by Gasteiger charge is 2.36. The maximum absolute atomic E-state index is 12.7. The van der Waals surface area contributed by atoms with E-state index >= 15 is 0 Å². The van der Waals surface area contributed by atoms with Crippen LogP contribution in [0, 0.1) is 10.1 Å². The first-order valence-corrected chi connectivity index (χ1v) is 8.68. The van der Waals surface area contributed by atoms with E-state index in [1.165, 1.54) is 31.4 Å². The van der Waals surface area contributed by atoms with Crippen molar-refractivity contribution in [3.63, 3.8) is 0 Å². The fourth-order valence-electron chi connectivity index (χ4n) is 4.28. The molecule has 2 aliphatic heterocycles. The Labute approximate surface area is 144 Å². The molecular weight excluding hydrogens is 322 g/mol. The largest absolute Gasteiger partial charge is 0.348 e. The minimum absolute atomic E-state index is 0.0447. The van der Waals surface area contributed by atoms with Gasteiger partial charge in [-0.1, -0.05) is 6.42 Å². The number of rotatable bonds is 3. The van der Waals surface area contributed by atoms with E-state index in [-0.39, 0.29) is 23.3 Å². The summed E-state index contributed by atoms with van der Waals surface area (Å²) in [6.07, 6.45) is 5.50. The van der Waals surface area contributed by atoms with Gasteiger partial charge in [0.1, 0.15) is 0 Å². The van der Waals surface area contributed by atoms with Gasteiger partial charge in [-0.25, -0.2) is 0 Å². The second kappa shape index (κ2) is 6.11. The molecule has 1 aromatic carbocycles. The van der Waals surface area contributed by atoms with Crippen LogP contribution in [0.3, 0.4) is 0 Å². The number of nitrogens with one attached hydrogen (secondary N) is 2. The number of hydrogen-bond donors (Lipinski definition) is 2. The Morgan fingerprint density at radius 3 is 2.76 bits per heavy atom. The molecule has 3 heterocycles. The Hall–Kier alpha value is -2.48. The van der Waals surface area contributed by atoms with Crippen molar-refractivity contribution in [2.24, 2.45) is 0 Å². The summed E-state index contributed by atoms with van der Waals surface area (Å²) < 4.78 is 0. The van der Waals surface area contributed by atoms with E-state index < -0.39 is 4.92 Å². The average molecular weight is 343 g/mol. The standard InChI is InChI=1S/C17H21N5O3/c1-21-11-3-2-4-12(21)8-10(7-11)18-17(23)16-14-9-13(22(24)25)5-6-15(14)19-20-16/h5-6,9-12H,2-4,7-8H2,1H3,(H,18,23)(H,19,20)/t10-,11+,12-. The van der Waals surface area contributed by atoms with Gasteiger partial charge in [-0.2, -0.15) is 5.10 Å². The van der Waals surface area contributed by atoms with Crippen LogP contribution in [0.1, 0.15) is 42.6 Å². The monoisotopic (exact) mass is 343 g/mol. The molecule has 8 nitrogen and oxygen atoms in total. The third-order valence-electron chi connectivity index (χ3n) is 5.65. The zero-order valence-electron chi connectivity index (χ0n) is 14.1. The van der Waals surface area contributed by atoms with Gasteiger partial charge < -0.3 is 10.2 Å². The van der Waals surface area contributed by atoms with Crippen LogP contribution in [0.4, 0.5) is 5.69 Å². The molecule has 4 rings (SSSR count). The number of fused-ring (bicyclic) bond motifs is 3. The lowest BCUT2D eigenvalue weighted by Gasteiger charge is -2.47. The molecule has 0 aliphatic carbocycles. The smallest absolute Gasteiger partial charge is 0.272 e. The average Bonchev–Trinajstić information content (AvgIpc) is 2.99. The Morgan fingerprint density at radius 2 is 2.08 bits per heavy atom. The van der Waals surface area contributed by atoms with Gasteiger partial charge in [-0.05, 0) is 38.8 Å². The molecule has 2 aromatic rings. The van der Waals surface area contributed by atoms with Crippen molar-refractivity contribution >= 4 is 22.5 Å². The lowest BCUT2D eigenvalue weighted by molar-refractivity contribution is -0.384. The van der Waals surface area contributed by atoms with Gasteiger partial charge in [0.05, 0.1) is 10.4 Å². The van der Waals surface area contributed by atoms with Crippen molar-refractivity contribution in [1.29, 1.82) is 0 Å². The summed E-state index contributed by atoms with van der Waals surface area (Å²) >= 11 is 0. The van der Waals surface area contributed by atoms with E-state index in [4.69, 9.17) is 0 Å². The molecule has 0 spiro atoms. The molecule has 0 unspecified atom stereocenters. The van der Waals surface area contributed by atoms with Gasteiger partial charge in [0.2, 0.25) is 0 Å². The zero-order valence-corrected chi connectivity index (χ0v) is 14.1. The van der Waals surface area contributed by atoms with Crippen LogP contribution in [0.25, 0.3) is 10.9 Å². The van der Waals surface area contributed by atoms with E-state index in [2.05, 4.69) is 27.5 Å². The molecule has 2 N–H and O–H groups in total. The number of non-ortho nitro benzene ring substituents is 1. The van der Waals surface area contributed by atoms with E-state index in [9.17, 15) is 14.9 Å². The predicted octanol–water partition coefficient (Wildman–Crippen LogP) is 2.22. The van der Waals surface area contributed by atoms with E-state index in [0.29, 0.717) is 23.0 Å². The third kappa shape index (κ3) is 2.86. The molecule has 2 fully saturated rings. The van der Waals surface area contributed by atoms with Crippen LogP contribution in [-0.4, -0.2) is 51.1 Å². The fraction of sp³-hybridized carbons (Fsp3) is 0.529. The van der Waals surface area contributed by atoms with Gasteiger partial charge in [0, 0.05) is 35.6 Å². The molecule has 0 saturated carbocycles. The minimum Gasteiger partial charge on any atom is -0.348 e. The topological polar surface area (TPSA) is 104 Å². The minimum atomic E-state index is -0.466. The molecule has 2 aliphatic rings. The highest BCUT2D eigenvalue weighted by atomic mass is 16.6. The summed E-state index contributed by atoms with van der Waals surface area (Å²) in [5.74, 6) is -0.264. The van der Waals surface area contributed by atoms with Gasteiger partial charge >= 0.3 is 0 Å².